The summed E-state index contributed by atoms with van der Waals surface area (Å²) in [5, 5.41) is 12.2. The van der Waals surface area contributed by atoms with E-state index in [-0.39, 0.29) is 40.1 Å². The molecule has 1 aromatic heterocycles. The molecule has 1 fully saturated rings. The van der Waals surface area contributed by atoms with Gasteiger partial charge in [-0.1, -0.05) is 34.6 Å². The molecule has 0 aromatic carbocycles. The Morgan fingerprint density at radius 1 is 1.36 bits per heavy atom. The quantitative estimate of drug-likeness (QED) is 0.836. The normalized spacial score (nSPS) is 21.4. The van der Waals surface area contributed by atoms with E-state index in [1.54, 1.807) is 28.6 Å². The zero-order chi connectivity index (χ0) is 18.8. The Bertz CT molecular complexity index is 679. The van der Waals surface area contributed by atoms with E-state index in [2.05, 4.69) is 31.1 Å². The number of carbonyl (C=O) groups is 1. The van der Waals surface area contributed by atoms with E-state index >= 15 is 0 Å². The lowest BCUT2D eigenvalue weighted by Gasteiger charge is -2.31. The SMILES string of the molecule is CC(C)(C)CC(C)(C)C(=O)Nc1ccn(C2CCC(CO)S2)c(=O)n1. The number of aliphatic hydroxyl groups excluding tert-OH is 1. The van der Waals surface area contributed by atoms with Gasteiger partial charge in [0.25, 0.3) is 0 Å². The molecule has 1 aliphatic heterocycles. The topological polar surface area (TPSA) is 84.2 Å². The van der Waals surface area contributed by atoms with Crippen LogP contribution in [-0.2, 0) is 4.79 Å². The zero-order valence-electron chi connectivity index (χ0n) is 15.7. The maximum atomic E-state index is 12.6. The average molecular weight is 368 g/mol. The van der Waals surface area contributed by atoms with Gasteiger partial charge in [0.05, 0.1) is 12.0 Å². The summed E-state index contributed by atoms with van der Waals surface area (Å²) in [5.41, 5.74) is -0.895. The zero-order valence-corrected chi connectivity index (χ0v) is 16.5. The first kappa shape index (κ1) is 20.0. The fourth-order valence-corrected chi connectivity index (χ4v) is 4.79. The highest BCUT2D eigenvalue weighted by Crippen LogP contribution is 2.40. The van der Waals surface area contributed by atoms with E-state index in [1.165, 1.54) is 0 Å². The van der Waals surface area contributed by atoms with Crippen molar-refractivity contribution in [3.05, 3.63) is 22.7 Å². The van der Waals surface area contributed by atoms with Crippen LogP contribution in [0.4, 0.5) is 5.82 Å². The summed E-state index contributed by atoms with van der Waals surface area (Å²) in [6, 6.07) is 1.67. The lowest BCUT2D eigenvalue weighted by molar-refractivity contribution is -0.125. The molecule has 2 N–H and O–H groups in total. The minimum Gasteiger partial charge on any atom is -0.395 e. The molecule has 0 spiro atoms. The van der Waals surface area contributed by atoms with Crippen LogP contribution in [-0.4, -0.2) is 32.4 Å². The number of aliphatic hydroxyl groups is 1. The van der Waals surface area contributed by atoms with Gasteiger partial charge in [0, 0.05) is 16.9 Å². The maximum absolute atomic E-state index is 12.6. The Balaban J connectivity index is 2.08. The van der Waals surface area contributed by atoms with Crippen LogP contribution >= 0.6 is 11.8 Å². The number of nitrogens with one attached hydrogen (secondary N) is 1. The molecule has 6 nitrogen and oxygen atoms in total. The second kappa shape index (κ2) is 7.50. The van der Waals surface area contributed by atoms with Gasteiger partial charge in [0.1, 0.15) is 5.82 Å². The summed E-state index contributed by atoms with van der Waals surface area (Å²) >= 11 is 1.59. The first-order chi connectivity index (χ1) is 11.5. The van der Waals surface area contributed by atoms with Gasteiger partial charge in [-0.25, -0.2) is 4.79 Å². The van der Waals surface area contributed by atoms with Gasteiger partial charge in [0.15, 0.2) is 0 Å². The summed E-state index contributed by atoms with van der Waals surface area (Å²) in [5.74, 6) is 0.151. The molecule has 2 atom stereocenters. The van der Waals surface area contributed by atoms with Crippen molar-refractivity contribution < 1.29 is 9.90 Å². The minimum atomic E-state index is -0.551. The monoisotopic (exact) mass is 367 g/mol. The molecule has 2 rings (SSSR count). The van der Waals surface area contributed by atoms with Crippen molar-refractivity contribution in [2.75, 3.05) is 11.9 Å². The van der Waals surface area contributed by atoms with Gasteiger partial charge in [0.2, 0.25) is 5.91 Å². The summed E-state index contributed by atoms with van der Waals surface area (Å²) in [4.78, 5) is 28.9. The predicted molar refractivity (Wildman–Crippen MR) is 102 cm³/mol. The summed E-state index contributed by atoms with van der Waals surface area (Å²) in [6.07, 6.45) is 4.13. The summed E-state index contributed by atoms with van der Waals surface area (Å²) in [7, 11) is 0. The molecule has 1 saturated heterocycles. The van der Waals surface area contributed by atoms with Gasteiger partial charge in [-0.05, 0) is 30.7 Å². The smallest absolute Gasteiger partial charge is 0.350 e. The molecule has 0 aliphatic carbocycles. The van der Waals surface area contributed by atoms with Gasteiger partial charge in [-0.2, -0.15) is 4.98 Å². The second-order valence-corrected chi connectivity index (χ2v) is 10.0. The van der Waals surface area contributed by atoms with E-state index < -0.39 is 5.41 Å². The van der Waals surface area contributed by atoms with Crippen molar-refractivity contribution >= 4 is 23.5 Å². The molecule has 0 saturated carbocycles. The van der Waals surface area contributed by atoms with Crippen molar-refractivity contribution in [3.63, 3.8) is 0 Å². The minimum absolute atomic E-state index is 0.000710. The standard InChI is InChI=1S/C18H29N3O3S/c1-17(2,3)11-18(4,5)15(23)19-13-8-9-21(16(24)20-13)14-7-6-12(10-22)25-14/h8-9,12,14,22H,6-7,10-11H2,1-5H3,(H,19,20,23,24). The van der Waals surface area contributed by atoms with Crippen LogP contribution in [0.15, 0.2) is 17.1 Å². The molecular weight excluding hydrogens is 338 g/mol. The first-order valence-corrected chi connectivity index (χ1v) is 9.63. The third-order valence-corrected chi connectivity index (χ3v) is 5.80. The van der Waals surface area contributed by atoms with Crippen molar-refractivity contribution in [1.82, 2.24) is 9.55 Å². The van der Waals surface area contributed by atoms with Crippen LogP contribution < -0.4 is 11.0 Å². The largest absolute Gasteiger partial charge is 0.395 e. The molecule has 1 aromatic rings. The van der Waals surface area contributed by atoms with Gasteiger partial charge in [-0.3, -0.25) is 9.36 Å². The van der Waals surface area contributed by atoms with Crippen LogP contribution in [0.5, 0.6) is 0 Å². The summed E-state index contributed by atoms with van der Waals surface area (Å²) < 4.78 is 1.58. The molecule has 0 bridgehead atoms. The Labute approximate surface area is 153 Å². The van der Waals surface area contributed by atoms with Crippen LogP contribution in [0.1, 0.15) is 59.3 Å². The Morgan fingerprint density at radius 3 is 2.56 bits per heavy atom. The molecule has 2 unspecified atom stereocenters. The number of anilines is 1. The van der Waals surface area contributed by atoms with Crippen LogP contribution in [0, 0.1) is 10.8 Å². The molecule has 25 heavy (non-hydrogen) atoms. The highest BCUT2D eigenvalue weighted by atomic mass is 32.2. The van der Waals surface area contributed by atoms with Crippen LogP contribution in [0.25, 0.3) is 0 Å². The Morgan fingerprint density at radius 2 is 2.04 bits per heavy atom. The predicted octanol–water partition coefficient (Wildman–Crippen LogP) is 3.03. The molecule has 1 amide bonds. The molecule has 2 heterocycles. The number of nitrogens with zero attached hydrogens (tertiary/aromatic N) is 2. The molecule has 0 radical (unpaired) electrons. The Kier molecular flexibility index (Phi) is 5.99. The highest BCUT2D eigenvalue weighted by Gasteiger charge is 2.33. The van der Waals surface area contributed by atoms with Gasteiger partial charge in [-0.15, -0.1) is 11.8 Å². The average Bonchev–Trinajstić information content (AvgIpc) is 2.93. The van der Waals surface area contributed by atoms with Crippen molar-refractivity contribution in [2.45, 2.75) is 64.5 Å². The maximum Gasteiger partial charge on any atom is 0.350 e. The van der Waals surface area contributed by atoms with E-state index in [0.29, 0.717) is 0 Å². The highest BCUT2D eigenvalue weighted by molar-refractivity contribution is 8.00. The number of thioether (sulfide) groups is 1. The lowest BCUT2D eigenvalue weighted by atomic mass is 9.76. The number of aromatic nitrogens is 2. The van der Waals surface area contributed by atoms with Crippen molar-refractivity contribution in [2.24, 2.45) is 10.8 Å². The number of rotatable bonds is 5. The third kappa shape index (κ3) is 5.31. The second-order valence-electron chi connectivity index (χ2n) is 8.55. The lowest BCUT2D eigenvalue weighted by Crippen LogP contribution is -2.35. The van der Waals surface area contributed by atoms with E-state index in [0.717, 1.165) is 19.3 Å². The van der Waals surface area contributed by atoms with E-state index in [1.807, 2.05) is 13.8 Å². The van der Waals surface area contributed by atoms with Crippen LogP contribution in [0.2, 0.25) is 0 Å². The molecule has 1 aliphatic rings. The van der Waals surface area contributed by atoms with Gasteiger partial charge >= 0.3 is 5.69 Å². The third-order valence-electron chi connectivity index (χ3n) is 4.26. The number of amides is 1. The summed E-state index contributed by atoms with van der Waals surface area (Å²) in [6.45, 7) is 10.2. The van der Waals surface area contributed by atoms with Gasteiger partial charge < -0.3 is 10.4 Å². The first-order valence-electron chi connectivity index (χ1n) is 8.69. The molecule has 7 heteroatoms. The fourth-order valence-electron chi connectivity index (χ4n) is 3.42. The fraction of sp³-hybridized carbons (Fsp3) is 0.722. The number of carbonyl (C=O) groups excluding carboxylic acids is 1. The Hall–Kier alpha value is -1.34. The number of hydrogen-bond donors (Lipinski definition) is 2. The molecular formula is C18H29N3O3S. The van der Waals surface area contributed by atoms with Crippen molar-refractivity contribution in [1.29, 1.82) is 0 Å². The van der Waals surface area contributed by atoms with E-state index in [4.69, 9.17) is 0 Å². The van der Waals surface area contributed by atoms with E-state index in [9.17, 15) is 14.7 Å². The van der Waals surface area contributed by atoms with Crippen LogP contribution in [0.3, 0.4) is 0 Å². The number of hydrogen-bond acceptors (Lipinski definition) is 5. The van der Waals surface area contributed by atoms with Crippen molar-refractivity contribution in [3.8, 4) is 0 Å². The molecule has 140 valence electrons.